The number of nitro groups is 1. The maximum Gasteiger partial charge on any atom is 0.308 e. The normalized spacial score (nSPS) is 22.9. The highest BCUT2D eigenvalue weighted by Gasteiger charge is 2.25. The molecule has 0 bridgehead atoms. The van der Waals surface area contributed by atoms with E-state index >= 15 is 0 Å². The monoisotopic (exact) mass is 278 g/mol. The fraction of sp³-hybridized carbons (Fsp3) is 0.714. The molecule has 0 amide bonds. The van der Waals surface area contributed by atoms with Crippen LogP contribution in [-0.4, -0.2) is 40.4 Å². The van der Waals surface area contributed by atoms with Gasteiger partial charge in [0.15, 0.2) is 0 Å². The van der Waals surface area contributed by atoms with Gasteiger partial charge in [-0.1, -0.05) is 0 Å². The molecule has 1 aliphatic rings. The summed E-state index contributed by atoms with van der Waals surface area (Å²) in [6.45, 7) is 1.14. The summed E-state index contributed by atoms with van der Waals surface area (Å²) < 4.78 is 0. The molecule has 0 atom stereocenters. The highest BCUT2D eigenvalue weighted by atomic mass is 16.6. The van der Waals surface area contributed by atoms with Crippen LogP contribution in [0.2, 0.25) is 0 Å². The molecule has 0 aliphatic heterocycles. The Morgan fingerprint density at radius 1 is 1.30 bits per heavy atom. The Labute approximate surface area is 119 Å². The van der Waals surface area contributed by atoms with Gasteiger partial charge in [-0.05, 0) is 58.0 Å². The largest absolute Gasteiger partial charge is 0.309 e. The van der Waals surface area contributed by atoms with E-state index in [0.29, 0.717) is 18.0 Å². The third-order valence-corrected chi connectivity index (χ3v) is 4.04. The predicted octanol–water partition coefficient (Wildman–Crippen LogP) is 2.30. The number of hydrogen-bond donors (Lipinski definition) is 0. The molecule has 0 aromatic carbocycles. The lowest BCUT2D eigenvalue weighted by molar-refractivity contribution is -0.386. The van der Waals surface area contributed by atoms with Crippen molar-refractivity contribution in [2.45, 2.75) is 32.1 Å². The highest BCUT2D eigenvalue weighted by molar-refractivity contribution is 5.31. The molecule has 2 rings (SSSR count). The van der Waals surface area contributed by atoms with E-state index in [4.69, 9.17) is 0 Å². The quantitative estimate of drug-likeness (QED) is 0.610. The van der Waals surface area contributed by atoms with E-state index in [1.807, 2.05) is 0 Å². The van der Waals surface area contributed by atoms with E-state index < -0.39 is 0 Å². The van der Waals surface area contributed by atoms with Gasteiger partial charge >= 0.3 is 5.69 Å². The Hall–Kier alpha value is -1.56. The fourth-order valence-corrected chi connectivity index (χ4v) is 3.07. The second kappa shape index (κ2) is 6.74. The topological polar surface area (TPSA) is 72.2 Å². The van der Waals surface area contributed by atoms with Crippen LogP contribution in [0.1, 0.15) is 31.4 Å². The summed E-state index contributed by atoms with van der Waals surface area (Å²) in [5.74, 6) is 1.28. The molecule has 0 saturated heterocycles. The van der Waals surface area contributed by atoms with E-state index in [9.17, 15) is 10.1 Å². The van der Waals surface area contributed by atoms with E-state index in [2.05, 4.69) is 29.0 Å². The number of nitrogens with zero attached hydrogens (tertiary/aromatic N) is 4. The minimum Gasteiger partial charge on any atom is -0.309 e. The van der Waals surface area contributed by atoms with Crippen LogP contribution in [0.5, 0.6) is 0 Å². The zero-order chi connectivity index (χ0) is 14.5. The second-order valence-corrected chi connectivity index (χ2v) is 5.96. The number of rotatable bonds is 5. The smallest absolute Gasteiger partial charge is 0.308 e. The van der Waals surface area contributed by atoms with E-state index in [1.54, 1.807) is 0 Å². The summed E-state index contributed by atoms with van der Waals surface area (Å²) >= 11 is 0. The van der Waals surface area contributed by atoms with Gasteiger partial charge in [0, 0.05) is 6.54 Å². The van der Waals surface area contributed by atoms with E-state index in [1.165, 1.54) is 25.4 Å². The van der Waals surface area contributed by atoms with Crippen molar-refractivity contribution < 1.29 is 4.92 Å². The van der Waals surface area contributed by atoms with Crippen molar-refractivity contribution in [2.75, 3.05) is 20.6 Å². The van der Waals surface area contributed by atoms with Gasteiger partial charge in [0.05, 0.1) is 4.92 Å². The van der Waals surface area contributed by atoms with Crippen LogP contribution in [0.4, 0.5) is 5.69 Å². The Balaban J connectivity index is 1.91. The summed E-state index contributed by atoms with van der Waals surface area (Å²) in [5.41, 5.74) is 0.643. The first-order chi connectivity index (χ1) is 9.56. The Bertz CT molecular complexity index is 456. The van der Waals surface area contributed by atoms with Gasteiger partial charge in [-0.15, -0.1) is 0 Å². The average molecular weight is 278 g/mol. The molecule has 20 heavy (non-hydrogen) atoms. The van der Waals surface area contributed by atoms with Crippen molar-refractivity contribution in [3.8, 4) is 0 Å². The summed E-state index contributed by atoms with van der Waals surface area (Å²) in [7, 11) is 4.21. The number of aromatic nitrogens is 2. The van der Waals surface area contributed by atoms with Crippen LogP contribution in [0.3, 0.4) is 0 Å². The molecule has 1 aromatic heterocycles. The molecule has 1 heterocycles. The van der Waals surface area contributed by atoms with Crippen LogP contribution >= 0.6 is 0 Å². The Morgan fingerprint density at radius 3 is 2.55 bits per heavy atom. The molecule has 0 N–H and O–H groups in total. The van der Waals surface area contributed by atoms with Crippen LogP contribution in [0.15, 0.2) is 12.5 Å². The van der Waals surface area contributed by atoms with Gasteiger partial charge in [-0.3, -0.25) is 10.1 Å². The zero-order valence-corrected chi connectivity index (χ0v) is 12.2. The van der Waals surface area contributed by atoms with Gasteiger partial charge in [-0.25, -0.2) is 9.97 Å². The summed E-state index contributed by atoms with van der Waals surface area (Å²) in [5, 5.41) is 11.0. The van der Waals surface area contributed by atoms with Crippen LogP contribution in [0, 0.1) is 22.0 Å². The summed E-state index contributed by atoms with van der Waals surface area (Å²) in [6, 6.07) is 0. The molecule has 6 nitrogen and oxygen atoms in total. The average Bonchev–Trinajstić information content (AvgIpc) is 2.41. The van der Waals surface area contributed by atoms with Gasteiger partial charge in [-0.2, -0.15) is 0 Å². The van der Waals surface area contributed by atoms with Crippen molar-refractivity contribution in [1.29, 1.82) is 0 Å². The van der Waals surface area contributed by atoms with E-state index in [-0.39, 0.29) is 10.6 Å². The van der Waals surface area contributed by atoms with Gasteiger partial charge in [0.25, 0.3) is 0 Å². The van der Waals surface area contributed by atoms with E-state index in [0.717, 1.165) is 25.3 Å². The van der Waals surface area contributed by atoms with Crippen molar-refractivity contribution >= 4 is 5.69 Å². The van der Waals surface area contributed by atoms with Gasteiger partial charge in [0.2, 0.25) is 0 Å². The lowest BCUT2D eigenvalue weighted by atomic mass is 9.79. The third-order valence-electron chi connectivity index (χ3n) is 4.04. The second-order valence-electron chi connectivity index (χ2n) is 5.96. The van der Waals surface area contributed by atoms with Crippen LogP contribution in [-0.2, 0) is 6.42 Å². The zero-order valence-electron chi connectivity index (χ0n) is 12.2. The molecule has 110 valence electrons. The Morgan fingerprint density at radius 2 is 1.95 bits per heavy atom. The molecular formula is C14H22N4O2. The first kappa shape index (κ1) is 14.8. The maximum absolute atomic E-state index is 11.0. The molecule has 0 unspecified atom stereocenters. The molecule has 1 fully saturated rings. The molecule has 1 aromatic rings. The first-order valence-electron chi connectivity index (χ1n) is 7.14. The predicted molar refractivity (Wildman–Crippen MR) is 76.4 cm³/mol. The molecule has 0 radical (unpaired) electrons. The van der Waals surface area contributed by atoms with Crippen molar-refractivity contribution in [2.24, 2.45) is 11.8 Å². The fourth-order valence-electron chi connectivity index (χ4n) is 3.07. The number of hydrogen-bond acceptors (Lipinski definition) is 5. The lowest BCUT2D eigenvalue weighted by Gasteiger charge is -2.29. The van der Waals surface area contributed by atoms with Crippen LogP contribution < -0.4 is 0 Å². The molecule has 1 saturated carbocycles. The van der Waals surface area contributed by atoms with Crippen molar-refractivity contribution in [1.82, 2.24) is 14.9 Å². The minimum atomic E-state index is -0.382. The molecule has 6 heteroatoms. The van der Waals surface area contributed by atoms with Gasteiger partial charge in [0.1, 0.15) is 18.2 Å². The standard InChI is InChI=1S/C14H22N4O2/c1-17(2)9-12-5-3-11(4-6-12)7-13-14(18(19)20)8-15-10-16-13/h8,10-12H,3-7,9H2,1-2H3. The highest BCUT2D eigenvalue weighted by Crippen LogP contribution is 2.32. The summed E-state index contributed by atoms with van der Waals surface area (Å²) in [6.07, 6.45) is 8.11. The van der Waals surface area contributed by atoms with Crippen molar-refractivity contribution in [3.05, 3.63) is 28.3 Å². The van der Waals surface area contributed by atoms with Crippen molar-refractivity contribution in [3.63, 3.8) is 0 Å². The first-order valence-corrected chi connectivity index (χ1v) is 7.14. The van der Waals surface area contributed by atoms with Gasteiger partial charge < -0.3 is 4.90 Å². The minimum absolute atomic E-state index is 0.0583. The molecule has 1 aliphatic carbocycles. The lowest BCUT2D eigenvalue weighted by Crippen LogP contribution is -2.26. The third kappa shape index (κ3) is 3.96. The summed E-state index contributed by atoms with van der Waals surface area (Å²) in [4.78, 5) is 20.7. The molecule has 0 spiro atoms. The molecular weight excluding hydrogens is 256 g/mol. The Kier molecular flexibility index (Phi) is 5.00. The SMILES string of the molecule is CN(C)CC1CCC(Cc2ncncc2[N+](=O)[O-])CC1. The van der Waals surface area contributed by atoms with Crippen LogP contribution in [0.25, 0.3) is 0 Å². The maximum atomic E-state index is 11.0.